The van der Waals surface area contributed by atoms with Gasteiger partial charge in [0.05, 0.1) is 22.6 Å². The summed E-state index contributed by atoms with van der Waals surface area (Å²) in [6.07, 6.45) is 4.75. The molecule has 9 heteroatoms. The number of rotatable bonds is 4. The van der Waals surface area contributed by atoms with Crippen molar-refractivity contribution >= 4 is 22.9 Å². The van der Waals surface area contributed by atoms with Crippen molar-refractivity contribution in [2.75, 3.05) is 5.32 Å². The first-order chi connectivity index (χ1) is 10.8. The zero-order valence-electron chi connectivity index (χ0n) is 11.1. The van der Waals surface area contributed by atoms with Gasteiger partial charge >= 0.3 is 0 Å². The molecule has 22 heavy (non-hydrogen) atoms. The van der Waals surface area contributed by atoms with Gasteiger partial charge in [0.2, 0.25) is 5.82 Å². The van der Waals surface area contributed by atoms with E-state index in [0.717, 1.165) is 11.4 Å². The molecule has 2 N–H and O–H groups in total. The zero-order valence-corrected chi connectivity index (χ0v) is 11.9. The van der Waals surface area contributed by atoms with Crippen LogP contribution in [0.1, 0.15) is 5.82 Å². The maximum Gasteiger partial charge on any atom is 0.216 e. The van der Waals surface area contributed by atoms with Crippen molar-refractivity contribution < 1.29 is 0 Å². The van der Waals surface area contributed by atoms with E-state index in [1.807, 2.05) is 30.3 Å². The van der Waals surface area contributed by atoms with Crippen LogP contribution < -0.4 is 5.32 Å². The van der Waals surface area contributed by atoms with Crippen LogP contribution in [0.15, 0.2) is 42.9 Å². The quantitative estimate of drug-likeness (QED) is 0.713. The monoisotopic (exact) mass is 312 g/mol. The average Bonchev–Trinajstić information content (AvgIpc) is 3.20. The smallest absolute Gasteiger partial charge is 0.216 e. The lowest BCUT2D eigenvalue weighted by Gasteiger charge is -2.09. The number of benzene rings is 1. The molecule has 1 aromatic carbocycles. The molecule has 0 saturated heterocycles. The Labute approximate surface area is 130 Å². The van der Waals surface area contributed by atoms with Crippen LogP contribution in [0.2, 0.25) is 5.02 Å². The summed E-state index contributed by atoms with van der Waals surface area (Å²) in [6, 6.07) is 9.48. The van der Waals surface area contributed by atoms with E-state index < -0.39 is 0 Å². The fourth-order valence-corrected chi connectivity index (χ4v) is 1.94. The molecule has 0 aliphatic carbocycles. The Morgan fingerprint density at radius 3 is 2.95 bits per heavy atom. The first-order valence-corrected chi connectivity index (χ1v) is 6.56. The number of tetrazole rings is 1. The second-order valence-electron chi connectivity index (χ2n) is 4.17. The molecule has 2 aromatic heterocycles. The van der Waals surface area contributed by atoms with Crippen LogP contribution in [-0.2, 0) is 0 Å². The molecular formula is C13H9ClN8. The van der Waals surface area contributed by atoms with E-state index >= 15 is 0 Å². The van der Waals surface area contributed by atoms with Gasteiger partial charge in [0.15, 0.2) is 0 Å². The first-order valence-electron chi connectivity index (χ1n) is 6.18. The Morgan fingerprint density at radius 2 is 2.27 bits per heavy atom. The molecule has 2 heterocycles. The van der Waals surface area contributed by atoms with Gasteiger partial charge in [-0.1, -0.05) is 23.7 Å². The number of nitriles is 1. The number of anilines is 1. The van der Waals surface area contributed by atoms with E-state index in [4.69, 9.17) is 16.9 Å². The largest absolute Gasteiger partial charge is 0.359 e. The molecule has 0 spiro atoms. The Morgan fingerprint density at radius 1 is 1.41 bits per heavy atom. The summed E-state index contributed by atoms with van der Waals surface area (Å²) in [5, 5.41) is 30.2. The van der Waals surface area contributed by atoms with E-state index in [1.165, 1.54) is 6.20 Å². The summed E-state index contributed by atoms with van der Waals surface area (Å²) in [5.74, 6) is 0.217. The van der Waals surface area contributed by atoms with E-state index in [2.05, 4.69) is 31.0 Å². The minimum atomic E-state index is 0.217. The number of nitrogens with one attached hydrogen (secondary N) is 2. The second kappa shape index (κ2) is 6.07. The maximum absolute atomic E-state index is 9.15. The van der Waals surface area contributed by atoms with Gasteiger partial charge in [-0.25, -0.2) is 4.68 Å². The molecule has 8 nitrogen and oxygen atoms in total. The summed E-state index contributed by atoms with van der Waals surface area (Å²) in [6.45, 7) is 0. The van der Waals surface area contributed by atoms with Crippen molar-refractivity contribution in [3.05, 3.63) is 53.7 Å². The van der Waals surface area contributed by atoms with Gasteiger partial charge < -0.3 is 5.32 Å². The molecule has 0 aliphatic heterocycles. The normalized spacial score (nSPS) is 11.2. The van der Waals surface area contributed by atoms with Crippen molar-refractivity contribution in [2.45, 2.75) is 0 Å². The molecule has 3 rings (SSSR count). The Bertz CT molecular complexity index is 843. The first kappa shape index (κ1) is 13.8. The number of allylic oxidation sites excluding steroid dienone is 1. The van der Waals surface area contributed by atoms with Crippen molar-refractivity contribution in [3.8, 4) is 11.8 Å². The minimum Gasteiger partial charge on any atom is -0.359 e. The van der Waals surface area contributed by atoms with Crippen LogP contribution in [-0.4, -0.2) is 30.4 Å². The molecule has 108 valence electrons. The third kappa shape index (κ3) is 2.79. The van der Waals surface area contributed by atoms with Crippen molar-refractivity contribution in [2.24, 2.45) is 0 Å². The number of hydrogen-bond acceptors (Lipinski definition) is 6. The highest BCUT2D eigenvalue weighted by Gasteiger charge is 2.08. The predicted molar refractivity (Wildman–Crippen MR) is 80.0 cm³/mol. The fraction of sp³-hybridized carbons (Fsp3) is 0. The third-order valence-electron chi connectivity index (χ3n) is 2.78. The van der Waals surface area contributed by atoms with E-state index in [9.17, 15) is 0 Å². The van der Waals surface area contributed by atoms with Gasteiger partial charge in [-0.15, -0.1) is 10.2 Å². The van der Waals surface area contributed by atoms with Crippen LogP contribution in [0, 0.1) is 11.3 Å². The number of aromatic nitrogens is 6. The topological polar surface area (TPSA) is 108 Å². The van der Waals surface area contributed by atoms with Gasteiger partial charge in [-0.3, -0.25) is 0 Å². The lowest BCUT2D eigenvalue weighted by Crippen LogP contribution is -2.00. The number of halogens is 1. The Hall–Kier alpha value is -3.18. The summed E-state index contributed by atoms with van der Waals surface area (Å²) in [4.78, 5) is 0. The predicted octanol–water partition coefficient (Wildman–Crippen LogP) is 2.02. The minimum absolute atomic E-state index is 0.217. The molecule has 0 unspecified atom stereocenters. The van der Waals surface area contributed by atoms with Crippen LogP contribution in [0.4, 0.5) is 5.69 Å². The third-order valence-corrected chi connectivity index (χ3v) is 2.98. The average molecular weight is 313 g/mol. The van der Waals surface area contributed by atoms with Gasteiger partial charge in [0, 0.05) is 12.4 Å². The highest BCUT2D eigenvalue weighted by Crippen LogP contribution is 2.21. The number of H-pyrrole nitrogens is 1. The number of para-hydroxylation sites is 2. The number of hydrogen-bond donors (Lipinski definition) is 2. The van der Waals surface area contributed by atoms with Crippen LogP contribution in [0.25, 0.3) is 11.3 Å². The molecule has 0 saturated carbocycles. The van der Waals surface area contributed by atoms with E-state index in [1.54, 1.807) is 17.1 Å². The number of aromatic amines is 1. The number of nitrogens with zero attached hydrogens (tertiary/aromatic N) is 6. The summed E-state index contributed by atoms with van der Waals surface area (Å²) in [7, 11) is 0. The molecule has 0 atom stereocenters. The lowest BCUT2D eigenvalue weighted by molar-refractivity contribution is 0.881. The molecule has 0 amide bonds. The molecule has 0 bridgehead atoms. The Kier molecular flexibility index (Phi) is 3.80. The Balaban J connectivity index is 1.92. The van der Waals surface area contributed by atoms with Gasteiger partial charge in [-0.2, -0.15) is 15.6 Å². The highest BCUT2D eigenvalue weighted by atomic mass is 35.5. The van der Waals surface area contributed by atoms with Gasteiger partial charge in [-0.05, 0) is 17.3 Å². The molecule has 0 fully saturated rings. The maximum atomic E-state index is 9.15. The van der Waals surface area contributed by atoms with E-state index in [0.29, 0.717) is 5.02 Å². The van der Waals surface area contributed by atoms with Crippen LogP contribution in [0.5, 0.6) is 0 Å². The molecule has 3 aromatic rings. The zero-order chi connectivity index (χ0) is 15.4. The standard InChI is InChI=1S/C13H9ClN8/c14-10-7-17-22(8-10)12-4-2-1-3-11(12)16-6-9(5-15)13-18-20-21-19-13/h1-4,6-8,16H,(H,18,19,20,21). The second-order valence-corrected chi connectivity index (χ2v) is 4.61. The SMILES string of the molecule is N#CC(=CNc1ccccc1-n1cc(Cl)cn1)c1nn[nH]n1. The molecular weight excluding hydrogens is 304 g/mol. The lowest BCUT2D eigenvalue weighted by atomic mass is 10.2. The fourth-order valence-electron chi connectivity index (χ4n) is 1.80. The van der Waals surface area contributed by atoms with Crippen molar-refractivity contribution in [3.63, 3.8) is 0 Å². The van der Waals surface area contributed by atoms with Crippen molar-refractivity contribution in [1.29, 1.82) is 5.26 Å². The molecule has 0 aliphatic rings. The summed E-state index contributed by atoms with van der Waals surface area (Å²) >= 11 is 5.89. The summed E-state index contributed by atoms with van der Waals surface area (Å²) in [5.41, 5.74) is 1.79. The van der Waals surface area contributed by atoms with E-state index in [-0.39, 0.29) is 11.4 Å². The molecule has 0 radical (unpaired) electrons. The van der Waals surface area contributed by atoms with Crippen LogP contribution >= 0.6 is 11.6 Å². The van der Waals surface area contributed by atoms with Gasteiger partial charge in [0.1, 0.15) is 11.6 Å². The van der Waals surface area contributed by atoms with Crippen molar-refractivity contribution in [1.82, 2.24) is 30.4 Å². The van der Waals surface area contributed by atoms with Crippen LogP contribution in [0.3, 0.4) is 0 Å². The van der Waals surface area contributed by atoms with Gasteiger partial charge in [0.25, 0.3) is 0 Å². The highest BCUT2D eigenvalue weighted by molar-refractivity contribution is 6.30. The summed E-state index contributed by atoms with van der Waals surface area (Å²) < 4.78 is 1.64.